The minimum atomic E-state index is -0.938. The van der Waals surface area contributed by atoms with E-state index < -0.39 is 11.1 Å². The van der Waals surface area contributed by atoms with Crippen LogP contribution in [0.15, 0.2) is 52.1 Å². The highest BCUT2D eigenvalue weighted by Gasteiger charge is 2.50. The average Bonchev–Trinajstić information content (AvgIpc) is 2.81. The Kier molecular flexibility index (Phi) is 2.91. The molecule has 0 fully saturated rings. The Hall–Kier alpha value is -2.34. The number of nitrogens with zero attached hydrogens (tertiary/aromatic N) is 3. The van der Waals surface area contributed by atoms with Crippen LogP contribution >= 0.6 is 0 Å². The van der Waals surface area contributed by atoms with Crippen molar-refractivity contribution >= 4 is 0 Å². The van der Waals surface area contributed by atoms with Gasteiger partial charge < -0.3 is 5.11 Å². The summed E-state index contributed by atoms with van der Waals surface area (Å²) >= 11 is 0. The van der Waals surface area contributed by atoms with Gasteiger partial charge in [0.25, 0.3) is 0 Å². The van der Waals surface area contributed by atoms with Gasteiger partial charge in [-0.15, -0.1) is 0 Å². The Balaban J connectivity index is 2.01. The summed E-state index contributed by atoms with van der Waals surface area (Å²) in [6, 6.07) is 8.63. The number of hydrogen-bond acceptors (Lipinski definition) is 3. The zero-order valence-corrected chi connectivity index (χ0v) is 14.0. The summed E-state index contributed by atoms with van der Waals surface area (Å²) in [6.45, 7) is 5.46. The number of hydrogen-bond donors (Lipinski definition) is 1. The molecule has 1 aliphatic carbocycles. The minimum absolute atomic E-state index is 0.128. The maximum atomic E-state index is 13.0. The third-order valence-corrected chi connectivity index (χ3v) is 5.36. The summed E-state index contributed by atoms with van der Waals surface area (Å²) < 4.78 is 4.28. The SMILES string of the molecule is CC(C)(O)C1CC2(C)C=CC1n1c(=O)n(-c3ccccc3)c(=O)n12. The van der Waals surface area contributed by atoms with Gasteiger partial charge in [-0.25, -0.2) is 23.5 Å². The zero-order chi connectivity index (χ0) is 17.3. The summed E-state index contributed by atoms with van der Waals surface area (Å²) in [4.78, 5) is 26.0. The van der Waals surface area contributed by atoms with Crippen LogP contribution in [-0.2, 0) is 5.54 Å². The summed E-state index contributed by atoms with van der Waals surface area (Å²) in [5.74, 6) is -0.128. The fourth-order valence-electron chi connectivity index (χ4n) is 4.13. The van der Waals surface area contributed by atoms with E-state index in [1.165, 1.54) is 9.25 Å². The van der Waals surface area contributed by atoms with Gasteiger partial charge in [-0.2, -0.15) is 0 Å². The van der Waals surface area contributed by atoms with Gasteiger partial charge in [-0.1, -0.05) is 30.4 Å². The Bertz CT molecular complexity index is 943. The van der Waals surface area contributed by atoms with Crippen LogP contribution in [0.1, 0.15) is 33.2 Å². The highest BCUT2D eigenvalue weighted by Crippen LogP contribution is 2.46. The normalized spacial score (nSPS) is 28.2. The number of allylic oxidation sites excluding steroid dienone is 2. The lowest BCUT2D eigenvalue weighted by Gasteiger charge is -2.49. The van der Waals surface area contributed by atoms with Crippen LogP contribution in [0.3, 0.4) is 0 Å². The molecule has 3 heterocycles. The molecule has 0 amide bonds. The standard InChI is InChI=1S/C18H21N3O3/c1-17(2,24)13-11-18(3)10-9-14(13)20-15(22)19(16(23)21(18)20)12-7-5-4-6-8-12/h4-10,13-14,24H,11H2,1-3H3. The van der Waals surface area contributed by atoms with E-state index >= 15 is 0 Å². The molecule has 126 valence electrons. The molecule has 6 heteroatoms. The van der Waals surface area contributed by atoms with Crippen molar-refractivity contribution < 1.29 is 5.11 Å². The van der Waals surface area contributed by atoms with Crippen LogP contribution in [0.25, 0.3) is 5.69 Å². The largest absolute Gasteiger partial charge is 0.390 e. The zero-order valence-electron chi connectivity index (χ0n) is 14.0. The summed E-state index contributed by atoms with van der Waals surface area (Å²) in [7, 11) is 0. The second-order valence-corrected chi connectivity index (χ2v) is 7.56. The lowest BCUT2D eigenvalue weighted by Crippen LogP contribution is -2.56. The first-order valence-corrected chi connectivity index (χ1v) is 8.18. The van der Waals surface area contributed by atoms with E-state index in [0.29, 0.717) is 12.1 Å². The number of benzene rings is 1. The van der Waals surface area contributed by atoms with Crippen molar-refractivity contribution in [1.29, 1.82) is 0 Å². The lowest BCUT2D eigenvalue weighted by molar-refractivity contribution is -0.0476. The summed E-state index contributed by atoms with van der Waals surface area (Å²) in [5, 5.41) is 10.5. The smallest absolute Gasteiger partial charge is 0.352 e. The fraction of sp³-hybridized carbons (Fsp3) is 0.444. The Morgan fingerprint density at radius 2 is 1.83 bits per heavy atom. The van der Waals surface area contributed by atoms with Crippen molar-refractivity contribution in [1.82, 2.24) is 13.9 Å². The van der Waals surface area contributed by atoms with Crippen LogP contribution in [-0.4, -0.2) is 24.6 Å². The molecular formula is C18H21N3O3. The Labute approximate surface area is 139 Å². The molecule has 2 bridgehead atoms. The van der Waals surface area contributed by atoms with Crippen LogP contribution in [0.5, 0.6) is 0 Å². The van der Waals surface area contributed by atoms with E-state index in [1.807, 2.05) is 25.1 Å². The first kappa shape index (κ1) is 15.2. The van der Waals surface area contributed by atoms with Crippen molar-refractivity contribution in [2.24, 2.45) is 5.92 Å². The molecule has 1 aromatic heterocycles. The topological polar surface area (TPSA) is 69.2 Å². The number of aliphatic hydroxyl groups is 1. The average molecular weight is 327 g/mol. The molecule has 3 atom stereocenters. The molecule has 1 aromatic carbocycles. The molecule has 0 saturated heterocycles. The van der Waals surface area contributed by atoms with Crippen LogP contribution < -0.4 is 11.4 Å². The summed E-state index contributed by atoms with van der Waals surface area (Å²) in [5.41, 5.74) is -1.69. The van der Waals surface area contributed by atoms with Gasteiger partial charge in [0.05, 0.1) is 22.9 Å². The van der Waals surface area contributed by atoms with Crippen LogP contribution in [0.2, 0.25) is 0 Å². The highest BCUT2D eigenvalue weighted by atomic mass is 16.3. The molecule has 3 unspecified atom stereocenters. The molecule has 6 nitrogen and oxygen atoms in total. The second kappa shape index (κ2) is 4.60. The van der Waals surface area contributed by atoms with Gasteiger partial charge in [0.15, 0.2) is 0 Å². The minimum Gasteiger partial charge on any atom is -0.390 e. The molecule has 24 heavy (non-hydrogen) atoms. The van der Waals surface area contributed by atoms with Gasteiger partial charge in [0.1, 0.15) is 0 Å². The van der Waals surface area contributed by atoms with Crippen molar-refractivity contribution in [2.75, 3.05) is 0 Å². The molecule has 0 spiro atoms. The van der Waals surface area contributed by atoms with Gasteiger partial charge in [0, 0.05) is 5.92 Å². The van der Waals surface area contributed by atoms with Crippen molar-refractivity contribution in [2.45, 2.75) is 44.4 Å². The van der Waals surface area contributed by atoms with E-state index in [4.69, 9.17) is 0 Å². The highest BCUT2D eigenvalue weighted by molar-refractivity contribution is 5.31. The number of para-hydroxylation sites is 1. The van der Waals surface area contributed by atoms with E-state index in [9.17, 15) is 14.7 Å². The number of rotatable bonds is 2. The third-order valence-electron chi connectivity index (χ3n) is 5.36. The van der Waals surface area contributed by atoms with Crippen molar-refractivity contribution in [3.8, 4) is 5.69 Å². The van der Waals surface area contributed by atoms with Gasteiger partial charge >= 0.3 is 11.4 Å². The quantitative estimate of drug-likeness (QED) is 0.848. The number of aromatic nitrogens is 3. The van der Waals surface area contributed by atoms with Crippen LogP contribution in [0, 0.1) is 5.92 Å². The van der Waals surface area contributed by atoms with Gasteiger partial charge in [-0.05, 0) is 39.3 Å². The third kappa shape index (κ3) is 1.86. The molecule has 1 N–H and O–H groups in total. The molecule has 0 saturated carbocycles. The predicted molar refractivity (Wildman–Crippen MR) is 90.5 cm³/mol. The van der Waals surface area contributed by atoms with Crippen molar-refractivity contribution in [3.63, 3.8) is 0 Å². The Morgan fingerprint density at radius 1 is 1.17 bits per heavy atom. The van der Waals surface area contributed by atoms with Gasteiger partial charge in [-0.3, -0.25) is 0 Å². The van der Waals surface area contributed by atoms with Gasteiger partial charge in [0.2, 0.25) is 0 Å². The molecule has 5 rings (SSSR count). The van der Waals surface area contributed by atoms with E-state index in [-0.39, 0.29) is 23.3 Å². The van der Waals surface area contributed by atoms with E-state index in [1.54, 1.807) is 42.8 Å². The Morgan fingerprint density at radius 3 is 2.46 bits per heavy atom. The predicted octanol–water partition coefficient (Wildman–Crippen LogP) is 1.42. The fourth-order valence-corrected chi connectivity index (χ4v) is 4.13. The second-order valence-electron chi connectivity index (χ2n) is 7.56. The first-order valence-electron chi connectivity index (χ1n) is 8.18. The number of fused-ring (bicyclic) bond motifs is 1. The monoisotopic (exact) mass is 327 g/mol. The van der Waals surface area contributed by atoms with Crippen molar-refractivity contribution in [3.05, 3.63) is 63.5 Å². The summed E-state index contributed by atoms with van der Waals surface area (Å²) in [6.07, 6.45) is 4.55. The van der Waals surface area contributed by atoms with E-state index in [0.717, 1.165) is 0 Å². The molecule has 3 aliphatic rings. The van der Waals surface area contributed by atoms with E-state index in [2.05, 4.69) is 0 Å². The first-order chi connectivity index (χ1) is 11.2. The lowest BCUT2D eigenvalue weighted by atomic mass is 9.70. The molecular weight excluding hydrogens is 306 g/mol. The molecule has 2 aliphatic heterocycles. The molecule has 0 radical (unpaired) electrons. The molecule has 2 aromatic rings. The maximum Gasteiger partial charge on any atom is 0.352 e. The van der Waals surface area contributed by atoms with Crippen LogP contribution in [0.4, 0.5) is 0 Å². The maximum absolute atomic E-state index is 13.0.